The molecule has 2 aliphatic rings. The minimum absolute atomic E-state index is 0.140. The highest BCUT2D eigenvalue weighted by molar-refractivity contribution is 6.32. The van der Waals surface area contributed by atoms with Crippen molar-refractivity contribution in [2.24, 2.45) is 5.92 Å². The molecule has 1 saturated carbocycles. The van der Waals surface area contributed by atoms with Crippen LogP contribution in [0.3, 0.4) is 0 Å². The Morgan fingerprint density at radius 2 is 2.33 bits per heavy atom. The highest BCUT2D eigenvalue weighted by Crippen LogP contribution is 2.31. The van der Waals surface area contributed by atoms with Gasteiger partial charge in [0.25, 0.3) is 5.91 Å². The molecule has 0 radical (unpaired) electrons. The number of carbonyl (C=O) groups is 1. The number of halogens is 1. The summed E-state index contributed by atoms with van der Waals surface area (Å²) in [7, 11) is 0. The molecule has 4 nitrogen and oxygen atoms in total. The van der Waals surface area contributed by atoms with Crippen molar-refractivity contribution in [3.8, 4) is 0 Å². The Morgan fingerprint density at radius 1 is 1.50 bits per heavy atom. The summed E-state index contributed by atoms with van der Waals surface area (Å²) in [5.41, 5.74) is 0.425. The summed E-state index contributed by atoms with van der Waals surface area (Å²) in [6.45, 7) is 3.02. The van der Waals surface area contributed by atoms with Crippen molar-refractivity contribution < 1.29 is 9.21 Å². The van der Waals surface area contributed by atoms with Crippen LogP contribution in [0.4, 0.5) is 0 Å². The third-order valence-electron chi connectivity index (χ3n) is 3.79. The van der Waals surface area contributed by atoms with Gasteiger partial charge in [0.2, 0.25) is 5.22 Å². The van der Waals surface area contributed by atoms with Crippen LogP contribution in [0.25, 0.3) is 0 Å². The quantitative estimate of drug-likeness (QED) is 0.910. The summed E-state index contributed by atoms with van der Waals surface area (Å²) in [6.07, 6.45) is 5.31. The normalized spacial score (nSPS) is 24.4. The predicted molar refractivity (Wildman–Crippen MR) is 68.8 cm³/mol. The number of hydrogen-bond acceptors (Lipinski definition) is 3. The van der Waals surface area contributed by atoms with E-state index in [1.807, 2.05) is 0 Å². The van der Waals surface area contributed by atoms with Gasteiger partial charge in [-0.25, -0.2) is 0 Å². The van der Waals surface area contributed by atoms with Crippen LogP contribution in [0, 0.1) is 5.92 Å². The first-order valence-electron chi connectivity index (χ1n) is 6.49. The topological polar surface area (TPSA) is 45.5 Å². The molecule has 2 fully saturated rings. The molecular formula is C13H17ClN2O2. The van der Waals surface area contributed by atoms with Crippen LogP contribution in [0.5, 0.6) is 0 Å². The Labute approximate surface area is 111 Å². The first-order chi connectivity index (χ1) is 8.74. The van der Waals surface area contributed by atoms with Crippen LogP contribution in [-0.4, -0.2) is 36.5 Å². The molecule has 18 heavy (non-hydrogen) atoms. The standard InChI is InChI=1S/C13H17ClN2O2/c14-12-11(4-6-18-12)13(17)15-7-9-3-5-16(8-9)10-1-2-10/h4,6,9-10H,1-3,5,7-8H2,(H,15,17). The lowest BCUT2D eigenvalue weighted by atomic mass is 10.1. The van der Waals surface area contributed by atoms with Crippen molar-refractivity contribution in [2.45, 2.75) is 25.3 Å². The van der Waals surface area contributed by atoms with Gasteiger partial charge in [0, 0.05) is 19.1 Å². The first kappa shape index (κ1) is 12.1. The van der Waals surface area contributed by atoms with E-state index in [1.54, 1.807) is 6.07 Å². The van der Waals surface area contributed by atoms with Crippen LogP contribution < -0.4 is 5.32 Å². The molecule has 1 atom stereocenters. The molecule has 2 heterocycles. The molecule has 1 unspecified atom stereocenters. The van der Waals surface area contributed by atoms with Gasteiger partial charge in [-0.15, -0.1) is 0 Å². The number of furan rings is 1. The fourth-order valence-corrected chi connectivity index (χ4v) is 2.79. The fourth-order valence-electron chi connectivity index (χ4n) is 2.59. The molecule has 1 saturated heterocycles. The zero-order valence-electron chi connectivity index (χ0n) is 10.2. The highest BCUT2D eigenvalue weighted by Gasteiger charge is 2.34. The monoisotopic (exact) mass is 268 g/mol. The molecule has 1 N–H and O–H groups in total. The Hall–Kier alpha value is -1.00. The minimum atomic E-state index is -0.140. The average Bonchev–Trinajstić information content (AvgIpc) is 2.95. The van der Waals surface area contributed by atoms with Crippen LogP contribution in [-0.2, 0) is 0 Å². The lowest BCUT2D eigenvalue weighted by Crippen LogP contribution is -2.31. The first-order valence-corrected chi connectivity index (χ1v) is 6.87. The molecule has 1 aliphatic carbocycles. The number of amides is 1. The van der Waals surface area contributed by atoms with Gasteiger partial charge in [-0.2, -0.15) is 0 Å². The summed E-state index contributed by atoms with van der Waals surface area (Å²) in [5.74, 6) is 0.429. The maximum atomic E-state index is 11.8. The number of nitrogens with zero attached hydrogens (tertiary/aromatic N) is 1. The van der Waals surface area contributed by atoms with Crippen molar-refractivity contribution in [3.05, 3.63) is 23.1 Å². The number of nitrogens with one attached hydrogen (secondary N) is 1. The summed E-state index contributed by atoms with van der Waals surface area (Å²) < 4.78 is 4.91. The zero-order valence-corrected chi connectivity index (χ0v) is 10.9. The summed E-state index contributed by atoms with van der Waals surface area (Å²) >= 11 is 5.77. The molecule has 1 aromatic heterocycles. The minimum Gasteiger partial charge on any atom is -0.452 e. The van der Waals surface area contributed by atoms with Gasteiger partial charge in [-0.3, -0.25) is 4.79 Å². The van der Waals surface area contributed by atoms with Gasteiger partial charge in [0.1, 0.15) is 0 Å². The predicted octanol–water partition coefficient (Wildman–Crippen LogP) is 2.15. The summed E-state index contributed by atoms with van der Waals surface area (Å²) in [6, 6.07) is 2.43. The van der Waals surface area contributed by atoms with Crippen molar-refractivity contribution in [1.82, 2.24) is 10.2 Å². The van der Waals surface area contributed by atoms with Gasteiger partial charge in [0.15, 0.2) is 0 Å². The van der Waals surface area contributed by atoms with Crippen LogP contribution in [0.1, 0.15) is 29.6 Å². The second-order valence-electron chi connectivity index (χ2n) is 5.20. The van der Waals surface area contributed by atoms with Crippen molar-refractivity contribution >= 4 is 17.5 Å². The Balaban J connectivity index is 1.47. The van der Waals surface area contributed by atoms with Crippen molar-refractivity contribution in [1.29, 1.82) is 0 Å². The number of carbonyl (C=O) groups excluding carboxylic acids is 1. The number of hydrogen-bond donors (Lipinski definition) is 1. The molecule has 0 spiro atoms. The fraction of sp³-hybridized carbons (Fsp3) is 0.615. The largest absolute Gasteiger partial charge is 0.452 e. The average molecular weight is 269 g/mol. The van der Waals surface area contributed by atoms with Gasteiger partial charge < -0.3 is 14.6 Å². The second kappa shape index (κ2) is 4.94. The second-order valence-corrected chi connectivity index (χ2v) is 5.54. The molecule has 98 valence electrons. The van der Waals surface area contributed by atoms with Gasteiger partial charge in [0.05, 0.1) is 11.8 Å². The molecule has 1 aromatic rings. The van der Waals surface area contributed by atoms with Crippen molar-refractivity contribution in [2.75, 3.05) is 19.6 Å². The summed E-state index contributed by atoms with van der Waals surface area (Å²) in [5, 5.41) is 3.10. The molecule has 1 aliphatic heterocycles. The van der Waals surface area contributed by atoms with E-state index in [-0.39, 0.29) is 11.1 Å². The van der Waals surface area contributed by atoms with E-state index in [2.05, 4.69) is 10.2 Å². The van der Waals surface area contributed by atoms with Gasteiger partial charge in [-0.1, -0.05) is 0 Å². The molecular weight excluding hydrogens is 252 g/mol. The highest BCUT2D eigenvalue weighted by atomic mass is 35.5. The molecule has 0 aromatic carbocycles. The van der Waals surface area contributed by atoms with E-state index >= 15 is 0 Å². The Kier molecular flexibility index (Phi) is 3.31. The maximum Gasteiger partial charge on any atom is 0.256 e. The molecule has 5 heteroatoms. The van der Waals surface area contributed by atoms with Crippen LogP contribution in [0.2, 0.25) is 5.22 Å². The zero-order chi connectivity index (χ0) is 12.5. The lowest BCUT2D eigenvalue weighted by molar-refractivity contribution is 0.0947. The Bertz CT molecular complexity index is 442. The molecule has 0 bridgehead atoms. The van der Waals surface area contributed by atoms with E-state index in [0.717, 1.165) is 19.1 Å². The van der Waals surface area contributed by atoms with Crippen molar-refractivity contribution in [3.63, 3.8) is 0 Å². The maximum absolute atomic E-state index is 11.8. The molecule has 1 amide bonds. The van der Waals surface area contributed by atoms with Gasteiger partial charge >= 0.3 is 0 Å². The van der Waals surface area contributed by atoms with E-state index in [4.69, 9.17) is 16.0 Å². The summed E-state index contributed by atoms with van der Waals surface area (Å²) in [4.78, 5) is 14.4. The molecule has 3 rings (SSSR count). The Morgan fingerprint density at radius 3 is 3.00 bits per heavy atom. The van der Waals surface area contributed by atoms with Crippen LogP contribution >= 0.6 is 11.6 Å². The number of likely N-dealkylation sites (tertiary alicyclic amines) is 1. The van der Waals surface area contributed by atoms with Crippen LogP contribution in [0.15, 0.2) is 16.7 Å². The number of rotatable bonds is 4. The van der Waals surface area contributed by atoms with E-state index in [9.17, 15) is 4.79 Å². The van der Waals surface area contributed by atoms with E-state index < -0.39 is 0 Å². The SMILES string of the molecule is O=C(NCC1CCN(C2CC2)C1)c1ccoc1Cl. The third-order valence-corrected chi connectivity index (χ3v) is 4.09. The lowest BCUT2D eigenvalue weighted by Gasteiger charge is -2.15. The smallest absolute Gasteiger partial charge is 0.256 e. The van der Waals surface area contributed by atoms with E-state index in [1.165, 1.54) is 32.1 Å². The third kappa shape index (κ3) is 2.54. The van der Waals surface area contributed by atoms with Gasteiger partial charge in [-0.05, 0) is 49.4 Å². The van der Waals surface area contributed by atoms with E-state index in [0.29, 0.717) is 11.5 Å².